The smallest absolute Gasteiger partial charge is 0.178 e. The molecule has 1 aromatic rings. The SMILES string of the molecule is Cc1cc(C(C)(C)C)cc(C(C)(C)C)c1OPC=O. The Balaban J connectivity index is 3.43. The molecule has 0 N–H and O–H groups in total. The normalized spacial score (nSPS) is 13.0. The van der Waals surface area contributed by atoms with Gasteiger partial charge >= 0.3 is 0 Å². The monoisotopic (exact) mass is 280 g/mol. The summed E-state index contributed by atoms with van der Waals surface area (Å²) in [4.78, 5) is 10.6. The number of carbonyl (C=O) groups is 1. The summed E-state index contributed by atoms with van der Waals surface area (Å²) in [6, 6.07) is 5.21. The zero-order valence-corrected chi connectivity index (χ0v) is 14.0. The molecule has 0 heterocycles. The Hall–Kier alpha value is -0.880. The van der Waals surface area contributed by atoms with E-state index in [1.54, 1.807) is 0 Å². The van der Waals surface area contributed by atoms with Gasteiger partial charge in [-0.3, -0.25) is 4.79 Å². The summed E-state index contributed by atoms with van der Waals surface area (Å²) in [7, 11) is -0.133. The third kappa shape index (κ3) is 4.04. The summed E-state index contributed by atoms with van der Waals surface area (Å²) < 4.78 is 5.67. The van der Waals surface area contributed by atoms with Crippen LogP contribution in [0.2, 0.25) is 0 Å². The maximum Gasteiger partial charge on any atom is 0.178 e. The van der Waals surface area contributed by atoms with Crippen molar-refractivity contribution in [1.82, 2.24) is 0 Å². The minimum absolute atomic E-state index is 0.00524. The first-order valence-corrected chi connectivity index (χ1v) is 7.57. The molecule has 0 bridgehead atoms. The standard InChI is InChI=1S/C16H25O2P/c1-11-8-12(15(2,3)4)9-13(16(5,6)7)14(11)18-19-10-17/h8-10,19H,1-7H3. The highest BCUT2D eigenvalue weighted by atomic mass is 31.1. The van der Waals surface area contributed by atoms with Crippen molar-refractivity contribution in [2.45, 2.75) is 59.3 Å². The van der Waals surface area contributed by atoms with E-state index in [0.717, 1.165) is 17.3 Å². The van der Waals surface area contributed by atoms with Gasteiger partial charge in [0.15, 0.2) is 6.03 Å². The average Bonchev–Trinajstić information content (AvgIpc) is 2.23. The van der Waals surface area contributed by atoms with Gasteiger partial charge in [-0.1, -0.05) is 53.7 Å². The lowest BCUT2D eigenvalue weighted by Gasteiger charge is -2.28. The molecule has 0 aliphatic rings. The molecule has 19 heavy (non-hydrogen) atoms. The van der Waals surface area contributed by atoms with Crippen molar-refractivity contribution in [1.29, 1.82) is 0 Å². The van der Waals surface area contributed by atoms with Crippen molar-refractivity contribution in [2.75, 3.05) is 0 Å². The Morgan fingerprint density at radius 1 is 1.05 bits per heavy atom. The minimum Gasteiger partial charge on any atom is -0.469 e. The molecule has 0 aliphatic carbocycles. The molecule has 2 nitrogen and oxygen atoms in total. The van der Waals surface area contributed by atoms with Crippen LogP contribution in [0.5, 0.6) is 5.75 Å². The number of rotatable bonds is 3. The topological polar surface area (TPSA) is 26.3 Å². The second-order valence-electron chi connectivity index (χ2n) is 7.01. The van der Waals surface area contributed by atoms with E-state index in [0.29, 0.717) is 0 Å². The van der Waals surface area contributed by atoms with Crippen molar-refractivity contribution in [3.05, 3.63) is 28.8 Å². The number of carbonyl (C=O) groups excluding carboxylic acids is 1. The van der Waals surface area contributed by atoms with E-state index in [2.05, 4.69) is 60.6 Å². The Morgan fingerprint density at radius 2 is 1.63 bits per heavy atom. The largest absolute Gasteiger partial charge is 0.469 e. The van der Waals surface area contributed by atoms with Crippen molar-refractivity contribution < 1.29 is 9.32 Å². The second kappa shape index (κ2) is 5.63. The first-order chi connectivity index (χ1) is 8.57. The number of aryl methyl sites for hydroxylation is 1. The quantitative estimate of drug-likeness (QED) is 0.590. The molecule has 0 radical (unpaired) electrons. The fraction of sp³-hybridized carbons (Fsp3) is 0.562. The molecule has 1 atom stereocenters. The van der Waals surface area contributed by atoms with Gasteiger partial charge in [0, 0.05) is 5.56 Å². The number of hydrogen-bond acceptors (Lipinski definition) is 2. The van der Waals surface area contributed by atoms with Gasteiger partial charge in [0.05, 0.1) is 0 Å². The predicted molar refractivity (Wildman–Crippen MR) is 84.3 cm³/mol. The van der Waals surface area contributed by atoms with E-state index in [9.17, 15) is 4.79 Å². The zero-order chi connectivity index (χ0) is 14.8. The van der Waals surface area contributed by atoms with E-state index >= 15 is 0 Å². The third-order valence-electron chi connectivity index (χ3n) is 3.16. The van der Waals surface area contributed by atoms with Crippen molar-refractivity contribution in [2.24, 2.45) is 0 Å². The van der Waals surface area contributed by atoms with E-state index in [-0.39, 0.29) is 19.6 Å². The molecule has 0 saturated carbocycles. The molecule has 1 unspecified atom stereocenters. The van der Waals surface area contributed by atoms with Crippen LogP contribution in [-0.2, 0) is 15.6 Å². The molecule has 0 amide bonds. The average molecular weight is 280 g/mol. The van der Waals surface area contributed by atoms with Gasteiger partial charge < -0.3 is 4.52 Å². The van der Waals surface area contributed by atoms with Crippen LogP contribution < -0.4 is 4.52 Å². The Morgan fingerprint density at radius 3 is 2.05 bits per heavy atom. The van der Waals surface area contributed by atoms with E-state index in [4.69, 9.17) is 4.52 Å². The lowest BCUT2D eigenvalue weighted by atomic mass is 9.79. The summed E-state index contributed by atoms with van der Waals surface area (Å²) in [5.74, 6) is 0.867. The van der Waals surface area contributed by atoms with Crippen LogP contribution in [0, 0.1) is 6.92 Å². The maximum atomic E-state index is 10.6. The zero-order valence-electron chi connectivity index (χ0n) is 13.0. The van der Waals surface area contributed by atoms with Crippen LogP contribution in [0.4, 0.5) is 0 Å². The van der Waals surface area contributed by atoms with Crippen LogP contribution >= 0.6 is 8.81 Å². The molecule has 3 heteroatoms. The summed E-state index contributed by atoms with van der Waals surface area (Å²) in [5.41, 5.74) is 3.68. The highest BCUT2D eigenvalue weighted by molar-refractivity contribution is 7.50. The fourth-order valence-electron chi connectivity index (χ4n) is 1.98. The summed E-state index contributed by atoms with van der Waals surface area (Å²) in [6.45, 7) is 15.2. The molecule has 1 aromatic carbocycles. The van der Waals surface area contributed by atoms with Crippen LogP contribution in [0.25, 0.3) is 0 Å². The highest BCUT2D eigenvalue weighted by Crippen LogP contribution is 2.39. The van der Waals surface area contributed by atoms with Gasteiger partial charge in [-0.25, -0.2) is 0 Å². The lowest BCUT2D eigenvalue weighted by molar-refractivity contribution is 0.527. The summed E-state index contributed by atoms with van der Waals surface area (Å²) >= 11 is 0. The van der Waals surface area contributed by atoms with Crippen molar-refractivity contribution >= 4 is 14.8 Å². The number of hydrogen-bond donors (Lipinski definition) is 0. The van der Waals surface area contributed by atoms with Gasteiger partial charge in [0.1, 0.15) is 14.6 Å². The summed E-state index contributed by atoms with van der Waals surface area (Å²) in [5, 5.41) is 0. The lowest BCUT2D eigenvalue weighted by Crippen LogP contribution is -2.17. The van der Waals surface area contributed by atoms with Crippen molar-refractivity contribution in [3.63, 3.8) is 0 Å². The Kier molecular flexibility index (Phi) is 4.79. The minimum atomic E-state index is -0.133. The van der Waals surface area contributed by atoms with Crippen LogP contribution in [0.1, 0.15) is 58.2 Å². The maximum absolute atomic E-state index is 10.6. The first kappa shape index (κ1) is 16.2. The van der Waals surface area contributed by atoms with E-state index in [1.807, 2.05) is 0 Å². The summed E-state index contributed by atoms with van der Waals surface area (Å²) in [6.07, 6.45) is 0. The molecular weight excluding hydrogens is 255 g/mol. The molecule has 0 aliphatic heterocycles. The van der Waals surface area contributed by atoms with Crippen LogP contribution in [0.15, 0.2) is 12.1 Å². The highest BCUT2D eigenvalue weighted by Gasteiger charge is 2.24. The van der Waals surface area contributed by atoms with Gasteiger partial charge in [0.25, 0.3) is 0 Å². The Bertz CT molecular complexity index is 465. The molecule has 106 valence electrons. The molecule has 0 spiro atoms. The third-order valence-corrected chi connectivity index (χ3v) is 3.58. The van der Waals surface area contributed by atoms with Crippen LogP contribution in [-0.4, -0.2) is 6.03 Å². The van der Waals surface area contributed by atoms with Gasteiger partial charge in [0.2, 0.25) is 0 Å². The molecule has 0 aromatic heterocycles. The first-order valence-electron chi connectivity index (χ1n) is 6.59. The second-order valence-corrected chi connectivity index (χ2v) is 7.68. The van der Waals surface area contributed by atoms with E-state index in [1.165, 1.54) is 11.1 Å². The fourth-order valence-corrected chi connectivity index (χ4v) is 2.42. The molecule has 0 saturated heterocycles. The molecular formula is C16H25O2P. The van der Waals surface area contributed by atoms with Gasteiger partial charge in [-0.05, 0) is 28.9 Å². The van der Waals surface area contributed by atoms with E-state index < -0.39 is 0 Å². The number of benzene rings is 1. The predicted octanol–water partition coefficient (Wildman–Crippen LogP) is 4.75. The molecule has 0 fully saturated rings. The van der Waals surface area contributed by atoms with Crippen LogP contribution in [0.3, 0.4) is 0 Å². The van der Waals surface area contributed by atoms with Gasteiger partial charge in [-0.2, -0.15) is 0 Å². The van der Waals surface area contributed by atoms with Crippen molar-refractivity contribution in [3.8, 4) is 5.75 Å². The molecule has 1 rings (SSSR count). The van der Waals surface area contributed by atoms with Gasteiger partial charge in [-0.15, -0.1) is 0 Å². The Labute approximate surface area is 118 Å².